The third kappa shape index (κ3) is 2.78. The fourth-order valence-corrected chi connectivity index (χ4v) is 3.40. The number of anilines is 1. The average molecular weight is 374 g/mol. The zero-order chi connectivity index (χ0) is 19.1. The predicted molar refractivity (Wildman–Crippen MR) is 105 cm³/mol. The molecule has 6 heteroatoms. The van der Waals surface area contributed by atoms with Crippen molar-refractivity contribution in [3.63, 3.8) is 0 Å². The van der Waals surface area contributed by atoms with Crippen LogP contribution in [0.5, 0.6) is 0 Å². The highest BCUT2D eigenvalue weighted by Gasteiger charge is 2.21. The molecule has 2 aromatic carbocycles. The van der Waals surface area contributed by atoms with Crippen molar-refractivity contribution in [1.82, 2.24) is 15.0 Å². The number of pyridine rings is 1. The Labute approximate surface area is 160 Å². The van der Waals surface area contributed by atoms with E-state index in [9.17, 15) is 8.78 Å². The van der Waals surface area contributed by atoms with Crippen LogP contribution in [0.4, 0.5) is 14.6 Å². The largest absolute Gasteiger partial charge is 0.356 e. The summed E-state index contributed by atoms with van der Waals surface area (Å²) in [5.41, 5.74) is 2.43. The maximum Gasteiger partial charge on any atom is 0.166 e. The minimum atomic E-state index is -0.858. The van der Waals surface area contributed by atoms with Gasteiger partial charge in [-0.05, 0) is 42.3 Å². The Bertz CT molecular complexity index is 1170. The Morgan fingerprint density at radius 2 is 1.79 bits per heavy atom. The highest BCUT2D eigenvalue weighted by atomic mass is 19.2. The number of aromatic nitrogens is 3. The van der Waals surface area contributed by atoms with Crippen LogP contribution in [-0.2, 0) is 0 Å². The normalized spacial score (nSPS) is 13.6. The quantitative estimate of drug-likeness (QED) is 0.514. The second-order valence-corrected chi connectivity index (χ2v) is 6.79. The Balaban J connectivity index is 1.71. The maximum atomic E-state index is 14.3. The van der Waals surface area contributed by atoms with E-state index in [0.29, 0.717) is 11.4 Å². The molecule has 0 radical (unpaired) electrons. The van der Waals surface area contributed by atoms with Crippen LogP contribution >= 0.6 is 0 Å². The van der Waals surface area contributed by atoms with E-state index in [0.717, 1.165) is 47.9 Å². The van der Waals surface area contributed by atoms with E-state index in [1.807, 2.05) is 24.3 Å². The van der Waals surface area contributed by atoms with Crippen molar-refractivity contribution < 1.29 is 8.78 Å². The second-order valence-electron chi connectivity index (χ2n) is 6.79. The second kappa shape index (κ2) is 6.64. The molecule has 1 saturated heterocycles. The van der Waals surface area contributed by atoms with Crippen molar-refractivity contribution in [2.24, 2.45) is 0 Å². The minimum absolute atomic E-state index is 0.229. The van der Waals surface area contributed by atoms with Crippen molar-refractivity contribution >= 4 is 16.7 Å². The SMILES string of the molecule is Fc1cccc(-c2ccc3nc(-c4cccnc4)nc(N4CCC4)c3c2)c1F. The van der Waals surface area contributed by atoms with Crippen LogP contribution in [0.15, 0.2) is 60.9 Å². The van der Waals surface area contributed by atoms with E-state index < -0.39 is 11.6 Å². The molecule has 1 fully saturated rings. The Morgan fingerprint density at radius 1 is 0.893 bits per heavy atom. The summed E-state index contributed by atoms with van der Waals surface area (Å²) in [4.78, 5) is 15.8. The lowest BCUT2D eigenvalue weighted by atomic mass is 10.0. The van der Waals surface area contributed by atoms with Crippen molar-refractivity contribution in [2.45, 2.75) is 6.42 Å². The van der Waals surface area contributed by atoms with Crippen LogP contribution in [0.3, 0.4) is 0 Å². The van der Waals surface area contributed by atoms with E-state index in [2.05, 4.69) is 14.9 Å². The smallest absolute Gasteiger partial charge is 0.166 e. The summed E-state index contributed by atoms with van der Waals surface area (Å²) in [5.74, 6) is -0.287. The first-order valence-corrected chi connectivity index (χ1v) is 9.12. The van der Waals surface area contributed by atoms with Crippen molar-refractivity contribution in [3.05, 3.63) is 72.6 Å². The standard InChI is InChI=1S/C22H16F2N4/c23-18-6-1-5-16(20(18)24)14-7-8-19-17(12-14)22(28-10-3-11-28)27-21(26-19)15-4-2-9-25-13-15/h1-2,4-9,12-13H,3,10-11H2. The molecular formula is C22H16F2N4. The van der Waals surface area contributed by atoms with Gasteiger partial charge in [0.05, 0.1) is 5.52 Å². The van der Waals surface area contributed by atoms with Gasteiger partial charge in [-0.15, -0.1) is 0 Å². The van der Waals surface area contributed by atoms with Gasteiger partial charge in [-0.1, -0.05) is 18.2 Å². The minimum Gasteiger partial charge on any atom is -0.356 e. The highest BCUT2D eigenvalue weighted by molar-refractivity contribution is 5.94. The first-order chi connectivity index (χ1) is 13.7. The molecule has 1 aliphatic rings. The summed E-state index contributed by atoms with van der Waals surface area (Å²) in [6, 6.07) is 13.4. The molecule has 0 bridgehead atoms. The summed E-state index contributed by atoms with van der Waals surface area (Å²) in [5, 5.41) is 0.827. The molecule has 3 heterocycles. The molecule has 5 rings (SSSR count). The van der Waals surface area contributed by atoms with E-state index in [-0.39, 0.29) is 5.56 Å². The molecule has 28 heavy (non-hydrogen) atoms. The summed E-state index contributed by atoms with van der Waals surface area (Å²) in [6.07, 6.45) is 4.55. The number of nitrogens with zero attached hydrogens (tertiary/aromatic N) is 4. The molecule has 138 valence electrons. The fourth-order valence-electron chi connectivity index (χ4n) is 3.40. The van der Waals surface area contributed by atoms with Crippen LogP contribution in [-0.4, -0.2) is 28.0 Å². The van der Waals surface area contributed by atoms with E-state index in [1.165, 1.54) is 6.07 Å². The zero-order valence-electron chi connectivity index (χ0n) is 14.9. The van der Waals surface area contributed by atoms with Gasteiger partial charge in [0.1, 0.15) is 5.82 Å². The molecule has 0 amide bonds. The average Bonchev–Trinajstić information content (AvgIpc) is 2.69. The van der Waals surface area contributed by atoms with Crippen LogP contribution in [0.2, 0.25) is 0 Å². The number of hydrogen-bond acceptors (Lipinski definition) is 4. The molecule has 0 spiro atoms. The lowest BCUT2D eigenvalue weighted by Gasteiger charge is -2.33. The number of fused-ring (bicyclic) bond motifs is 1. The Hall–Kier alpha value is -3.41. The molecule has 0 aliphatic carbocycles. The van der Waals surface area contributed by atoms with Crippen LogP contribution < -0.4 is 4.90 Å². The van der Waals surface area contributed by atoms with Crippen LogP contribution in [0, 0.1) is 11.6 Å². The monoisotopic (exact) mass is 374 g/mol. The molecule has 0 unspecified atom stereocenters. The third-order valence-corrected chi connectivity index (χ3v) is 5.01. The van der Waals surface area contributed by atoms with Crippen molar-refractivity contribution in [3.8, 4) is 22.5 Å². The number of halogens is 2. The lowest BCUT2D eigenvalue weighted by Crippen LogP contribution is -2.37. The van der Waals surface area contributed by atoms with E-state index in [4.69, 9.17) is 4.98 Å². The zero-order valence-corrected chi connectivity index (χ0v) is 14.9. The molecule has 4 aromatic rings. The first kappa shape index (κ1) is 16.7. The van der Waals surface area contributed by atoms with Crippen molar-refractivity contribution in [1.29, 1.82) is 0 Å². The number of rotatable bonds is 3. The molecule has 4 nitrogen and oxygen atoms in total. The summed E-state index contributed by atoms with van der Waals surface area (Å²) in [6.45, 7) is 1.83. The van der Waals surface area contributed by atoms with Crippen LogP contribution in [0.1, 0.15) is 6.42 Å². The molecule has 0 atom stereocenters. The summed E-state index contributed by atoms with van der Waals surface area (Å²) >= 11 is 0. The van der Waals surface area contributed by atoms with E-state index in [1.54, 1.807) is 24.5 Å². The lowest BCUT2D eigenvalue weighted by molar-refractivity contribution is 0.511. The fraction of sp³-hybridized carbons (Fsp3) is 0.136. The van der Waals surface area contributed by atoms with Gasteiger partial charge in [-0.3, -0.25) is 4.98 Å². The Morgan fingerprint density at radius 3 is 2.54 bits per heavy atom. The molecule has 0 N–H and O–H groups in total. The van der Waals surface area contributed by atoms with Gasteiger partial charge in [-0.25, -0.2) is 18.7 Å². The molecular weight excluding hydrogens is 358 g/mol. The molecule has 1 aliphatic heterocycles. The van der Waals surface area contributed by atoms with Gasteiger partial charge in [-0.2, -0.15) is 0 Å². The van der Waals surface area contributed by atoms with Gasteiger partial charge in [0, 0.05) is 42.0 Å². The van der Waals surface area contributed by atoms with Crippen molar-refractivity contribution in [2.75, 3.05) is 18.0 Å². The molecule has 0 saturated carbocycles. The molecule has 2 aromatic heterocycles. The highest BCUT2D eigenvalue weighted by Crippen LogP contribution is 2.34. The number of hydrogen-bond donors (Lipinski definition) is 0. The topological polar surface area (TPSA) is 41.9 Å². The summed E-state index contributed by atoms with van der Waals surface area (Å²) < 4.78 is 28.0. The first-order valence-electron chi connectivity index (χ1n) is 9.12. The van der Waals surface area contributed by atoms with Gasteiger partial charge in [0.15, 0.2) is 17.5 Å². The van der Waals surface area contributed by atoms with Crippen LogP contribution in [0.25, 0.3) is 33.4 Å². The number of benzene rings is 2. The predicted octanol–water partition coefficient (Wildman–Crippen LogP) is 4.85. The van der Waals surface area contributed by atoms with E-state index >= 15 is 0 Å². The van der Waals surface area contributed by atoms with Gasteiger partial charge in [0.25, 0.3) is 0 Å². The maximum absolute atomic E-state index is 14.3. The summed E-state index contributed by atoms with van der Waals surface area (Å²) in [7, 11) is 0. The van der Waals surface area contributed by atoms with Gasteiger partial charge >= 0.3 is 0 Å². The Kier molecular flexibility index (Phi) is 3.97. The van der Waals surface area contributed by atoms with Gasteiger partial charge in [0.2, 0.25) is 0 Å². The third-order valence-electron chi connectivity index (χ3n) is 5.01. The van der Waals surface area contributed by atoms with Gasteiger partial charge < -0.3 is 4.90 Å².